The third-order valence-corrected chi connectivity index (χ3v) is 6.31. The number of aromatic nitrogens is 2. The molecule has 4 rings (SSSR count). The van der Waals surface area contributed by atoms with E-state index in [0.29, 0.717) is 16.0 Å². The number of nitrogens with zero attached hydrogens (tertiary/aromatic N) is 4. The lowest BCUT2D eigenvalue weighted by atomic mass is 9.86. The molecule has 1 aliphatic rings. The normalized spacial score (nSPS) is 16.6. The lowest BCUT2D eigenvalue weighted by Gasteiger charge is -2.29. The number of terminal acetylenes is 1. The fraction of sp³-hybridized carbons (Fsp3) is 0.192. The van der Waals surface area contributed by atoms with Crippen LogP contribution in [-0.2, 0) is 15.2 Å². The average molecular weight is 577 g/mol. The lowest BCUT2D eigenvalue weighted by Crippen LogP contribution is -2.42. The van der Waals surface area contributed by atoms with E-state index in [1.54, 1.807) is 6.92 Å². The highest BCUT2D eigenvalue weighted by atomic mass is 35.5. The van der Waals surface area contributed by atoms with Gasteiger partial charge in [-0.05, 0) is 48.4 Å². The minimum atomic E-state index is -4.87. The van der Waals surface area contributed by atoms with E-state index in [9.17, 15) is 22.8 Å². The molecule has 3 aromatic rings. The summed E-state index contributed by atoms with van der Waals surface area (Å²) in [5.74, 6) is 1.21. The minimum Gasteiger partial charge on any atom is -0.452 e. The van der Waals surface area contributed by atoms with Gasteiger partial charge in [-0.2, -0.15) is 18.1 Å². The maximum absolute atomic E-state index is 14.3. The summed E-state index contributed by atoms with van der Waals surface area (Å²) in [5.41, 5.74) is -2.19. The molecule has 200 valence electrons. The summed E-state index contributed by atoms with van der Waals surface area (Å²) in [7, 11) is 1.08. The first-order valence-electron chi connectivity index (χ1n) is 11.0. The smallest absolute Gasteiger partial charge is 0.435 e. The Hall–Kier alpha value is -4.14. The van der Waals surface area contributed by atoms with Gasteiger partial charge in [-0.15, -0.1) is 6.42 Å². The van der Waals surface area contributed by atoms with Gasteiger partial charge in [0.2, 0.25) is 5.95 Å². The predicted molar refractivity (Wildman–Crippen MR) is 137 cm³/mol. The number of alkyl halides is 3. The average Bonchev–Trinajstić information content (AvgIpc) is 3.36. The van der Waals surface area contributed by atoms with Gasteiger partial charge in [0, 0.05) is 40.0 Å². The molecular weight excluding hydrogens is 560 g/mol. The zero-order valence-electron chi connectivity index (χ0n) is 20.2. The van der Waals surface area contributed by atoms with E-state index < -0.39 is 30.2 Å². The Morgan fingerprint density at radius 2 is 1.77 bits per heavy atom. The Labute approximate surface area is 230 Å². The summed E-state index contributed by atoms with van der Waals surface area (Å²) in [6.07, 6.45) is 1.19. The predicted octanol–water partition coefficient (Wildman–Crippen LogP) is 6.07. The Bertz CT molecular complexity index is 1520. The van der Waals surface area contributed by atoms with Crippen LogP contribution in [0.25, 0.3) is 0 Å². The van der Waals surface area contributed by atoms with Gasteiger partial charge in [-0.3, -0.25) is 4.79 Å². The summed E-state index contributed by atoms with van der Waals surface area (Å²) >= 11 is 11.9. The number of methoxy groups -OCH3 is 1. The molecule has 0 aliphatic carbocycles. The molecule has 13 heteroatoms. The van der Waals surface area contributed by atoms with E-state index >= 15 is 0 Å². The van der Waals surface area contributed by atoms with Crippen molar-refractivity contribution >= 4 is 46.9 Å². The van der Waals surface area contributed by atoms with Crippen molar-refractivity contribution in [3.8, 4) is 12.3 Å². The number of amides is 2. The van der Waals surface area contributed by atoms with Crippen LogP contribution in [0.4, 0.5) is 23.9 Å². The van der Waals surface area contributed by atoms with Crippen molar-refractivity contribution in [1.29, 1.82) is 0 Å². The molecule has 0 radical (unpaired) electrons. The molecule has 0 bridgehead atoms. The van der Waals surface area contributed by atoms with Crippen LogP contribution in [0, 0.1) is 19.3 Å². The second-order valence-corrected chi connectivity index (χ2v) is 9.22. The topological polar surface area (TPSA) is 94.0 Å². The molecule has 0 saturated carbocycles. The molecule has 0 saturated heterocycles. The van der Waals surface area contributed by atoms with Gasteiger partial charge in [-0.25, -0.2) is 14.8 Å². The molecule has 0 spiro atoms. The quantitative estimate of drug-likeness (QED) is 0.350. The fourth-order valence-electron chi connectivity index (χ4n) is 3.91. The first-order chi connectivity index (χ1) is 18.4. The van der Waals surface area contributed by atoms with Crippen LogP contribution in [0.15, 0.2) is 53.9 Å². The lowest BCUT2D eigenvalue weighted by molar-refractivity contribution is -0.275. The maximum Gasteiger partial charge on any atom is 0.435 e. The van der Waals surface area contributed by atoms with Crippen LogP contribution >= 0.6 is 23.2 Å². The van der Waals surface area contributed by atoms with Crippen LogP contribution in [0.5, 0.6) is 0 Å². The second kappa shape index (κ2) is 10.6. The fourth-order valence-corrected chi connectivity index (χ4v) is 4.43. The zero-order chi connectivity index (χ0) is 28.5. The number of carbonyl (C=O) groups is 2. The molecule has 0 N–H and O–H groups in total. The van der Waals surface area contributed by atoms with Crippen LogP contribution in [-0.4, -0.2) is 41.0 Å². The van der Waals surface area contributed by atoms with Crippen molar-refractivity contribution in [2.45, 2.75) is 25.1 Å². The molecule has 1 unspecified atom stereocenters. The standard InChI is InChI=1S/C26H17Cl2F3N4O4/c1-4-15-12-32-23(33-13-15)35(24(37)38-3)22(36)20-6-5-16(7-14(20)2)21-11-25(39-34-21,26(29,30)31)17-8-18(27)10-19(28)9-17/h1,5-10,12-13H,11H2,2-3H3. The van der Waals surface area contributed by atoms with Gasteiger partial charge < -0.3 is 9.57 Å². The van der Waals surface area contributed by atoms with Crippen molar-refractivity contribution in [3.63, 3.8) is 0 Å². The van der Waals surface area contributed by atoms with Gasteiger partial charge in [-0.1, -0.05) is 40.3 Å². The molecule has 1 atom stereocenters. The van der Waals surface area contributed by atoms with E-state index in [1.807, 2.05) is 0 Å². The summed E-state index contributed by atoms with van der Waals surface area (Å²) in [4.78, 5) is 39.3. The summed E-state index contributed by atoms with van der Waals surface area (Å²) in [6, 6.07) is 7.71. The number of ether oxygens (including phenoxy) is 1. The summed E-state index contributed by atoms with van der Waals surface area (Å²) in [5, 5.41) is 3.73. The molecule has 1 aromatic heterocycles. The highest BCUT2D eigenvalue weighted by Gasteiger charge is 2.62. The number of aryl methyl sites for hydroxylation is 1. The van der Waals surface area contributed by atoms with E-state index in [1.165, 1.54) is 36.7 Å². The van der Waals surface area contributed by atoms with E-state index in [0.717, 1.165) is 19.2 Å². The number of imide groups is 1. The molecule has 2 aromatic carbocycles. The number of carbonyl (C=O) groups excluding carboxylic acids is 2. The van der Waals surface area contributed by atoms with Crippen LogP contribution in [0.1, 0.15) is 39.0 Å². The second-order valence-electron chi connectivity index (χ2n) is 8.35. The monoisotopic (exact) mass is 576 g/mol. The van der Waals surface area contributed by atoms with Crippen molar-refractivity contribution in [3.05, 3.63) is 86.7 Å². The SMILES string of the molecule is C#Cc1cnc(N(C(=O)OC)C(=O)c2ccc(C3=NOC(c4cc(Cl)cc(Cl)c4)(C(F)(F)F)C3)cc2C)nc1. The number of hydrogen-bond donors (Lipinski definition) is 0. The first kappa shape index (κ1) is 27.9. The maximum atomic E-state index is 14.3. The first-order valence-corrected chi connectivity index (χ1v) is 11.8. The largest absolute Gasteiger partial charge is 0.452 e. The molecule has 0 fully saturated rings. The van der Waals surface area contributed by atoms with E-state index in [4.69, 9.17) is 39.2 Å². The number of halogens is 5. The number of benzene rings is 2. The highest BCUT2D eigenvalue weighted by Crippen LogP contribution is 2.49. The van der Waals surface area contributed by atoms with Gasteiger partial charge in [0.15, 0.2) is 0 Å². The number of hydrogen-bond acceptors (Lipinski definition) is 7. The third kappa shape index (κ3) is 5.26. The van der Waals surface area contributed by atoms with Crippen LogP contribution in [0.3, 0.4) is 0 Å². The highest BCUT2D eigenvalue weighted by molar-refractivity contribution is 6.34. The van der Waals surface area contributed by atoms with Gasteiger partial charge in [0.1, 0.15) is 0 Å². The van der Waals surface area contributed by atoms with E-state index in [-0.39, 0.29) is 38.4 Å². The van der Waals surface area contributed by atoms with E-state index in [2.05, 4.69) is 21.0 Å². The van der Waals surface area contributed by atoms with Crippen LogP contribution < -0.4 is 4.90 Å². The van der Waals surface area contributed by atoms with Crippen molar-refractivity contribution < 1.29 is 32.3 Å². The Morgan fingerprint density at radius 1 is 1.13 bits per heavy atom. The van der Waals surface area contributed by atoms with Gasteiger partial charge >= 0.3 is 12.3 Å². The van der Waals surface area contributed by atoms with Gasteiger partial charge in [0.25, 0.3) is 11.5 Å². The Balaban J connectivity index is 1.66. The Morgan fingerprint density at radius 3 is 2.31 bits per heavy atom. The molecule has 1 aliphatic heterocycles. The molecule has 8 nitrogen and oxygen atoms in total. The molecule has 39 heavy (non-hydrogen) atoms. The van der Waals surface area contributed by atoms with Crippen LogP contribution in [0.2, 0.25) is 10.0 Å². The molecule has 2 heterocycles. The van der Waals surface area contributed by atoms with Crippen molar-refractivity contribution in [2.24, 2.45) is 5.16 Å². The molecule has 2 amide bonds. The Kier molecular flexibility index (Phi) is 7.54. The number of anilines is 1. The summed E-state index contributed by atoms with van der Waals surface area (Å²) < 4.78 is 47.6. The number of rotatable bonds is 4. The van der Waals surface area contributed by atoms with Gasteiger partial charge in [0.05, 0.1) is 18.4 Å². The minimum absolute atomic E-state index is 0.00459. The van der Waals surface area contributed by atoms with Crippen molar-refractivity contribution in [1.82, 2.24) is 9.97 Å². The molecular formula is C26H17Cl2F3N4O4. The third-order valence-electron chi connectivity index (χ3n) is 5.87. The number of oxime groups is 1. The van der Waals surface area contributed by atoms with Crippen molar-refractivity contribution in [2.75, 3.05) is 12.0 Å². The summed E-state index contributed by atoms with van der Waals surface area (Å²) in [6.45, 7) is 1.54. The zero-order valence-corrected chi connectivity index (χ0v) is 21.7.